The van der Waals surface area contributed by atoms with Crippen LogP contribution in [0.3, 0.4) is 0 Å². The zero-order chi connectivity index (χ0) is 45.7. The lowest BCUT2D eigenvalue weighted by Crippen LogP contribution is -2.58. The van der Waals surface area contributed by atoms with Crippen LogP contribution in [-0.2, 0) is 21.6 Å². The predicted octanol–water partition coefficient (Wildman–Crippen LogP) is 7.02. The quantitative estimate of drug-likeness (QED) is 0.130. The van der Waals surface area contributed by atoms with Gasteiger partial charge in [-0.3, -0.25) is 34.3 Å². The van der Waals surface area contributed by atoms with Gasteiger partial charge in [-0.05, 0) is 123 Å². The van der Waals surface area contributed by atoms with E-state index in [2.05, 4.69) is 60.7 Å². The van der Waals surface area contributed by atoms with Gasteiger partial charge in [0.05, 0.1) is 23.4 Å². The van der Waals surface area contributed by atoms with Crippen molar-refractivity contribution in [3.05, 3.63) is 117 Å². The monoisotopic (exact) mass is 909 g/mol. The van der Waals surface area contributed by atoms with Crippen LogP contribution in [0, 0.1) is 12.0 Å². The van der Waals surface area contributed by atoms with Gasteiger partial charge in [0.2, 0.25) is 17.8 Å². The Morgan fingerprint density at radius 2 is 1.50 bits per heavy atom. The molecule has 66 heavy (non-hydrogen) atoms. The molecule has 1 unspecified atom stereocenters. The molecule has 0 radical (unpaired) electrons. The molecule has 1 N–H and O–H groups in total. The number of hydrogen-bond acceptors (Lipinski definition) is 11. The molecule has 14 nitrogen and oxygen atoms in total. The van der Waals surface area contributed by atoms with Crippen molar-refractivity contribution in [1.29, 1.82) is 0 Å². The van der Waals surface area contributed by atoms with Crippen molar-refractivity contribution in [2.24, 2.45) is 5.41 Å². The normalized spacial score (nSPS) is 22.0. The SMILES string of the molecule is [C-]#[N+]c1cc(Cl)cc(C(C)(C)c2ccc(OCc3ccnc(N4CCN(C5CCN(C6CC7(CCN(c8ccc9c(c8)C(=O)N(C8CCC(=O)NC8=O)C9=O)CC7)C6)CC5)CC4)n3)cc2)c1. The summed E-state index contributed by atoms with van der Waals surface area (Å²) in [6.07, 6.45) is 9.20. The number of ether oxygens (including phenoxy) is 1. The number of aromatic nitrogens is 2. The molecule has 1 atom stereocenters. The highest BCUT2D eigenvalue weighted by atomic mass is 35.5. The Morgan fingerprint density at radius 3 is 2.21 bits per heavy atom. The zero-order valence-corrected chi connectivity index (χ0v) is 38.4. The van der Waals surface area contributed by atoms with E-state index < -0.39 is 23.8 Å². The highest BCUT2D eigenvalue weighted by molar-refractivity contribution is 6.31. The Hall–Kier alpha value is -5.88. The standard InChI is InChI=1S/C51H56ClN9O5/c1-50(2,34-26-35(52)28-37(27-34)53-3)33-4-7-41(8-5-33)66-32-36-12-17-54-49(55-36)60-24-22-59(23-25-60)38-13-18-57(19-14-38)40-30-51(31-40)15-20-58(21-16-51)39-6-9-42-43(29-39)48(65)61(47(42)64)44-10-11-45(62)56-46(44)63/h4-9,12,17,26-29,38,40,44H,10-11,13-16,18-25,30-32H2,1-2H3,(H,56,62,63). The van der Waals surface area contributed by atoms with Crippen molar-refractivity contribution >= 4 is 52.6 Å². The number of nitrogens with one attached hydrogen (secondary N) is 1. The summed E-state index contributed by atoms with van der Waals surface area (Å²) in [5, 5.41) is 2.83. The van der Waals surface area contributed by atoms with E-state index in [1.54, 1.807) is 12.1 Å². The highest BCUT2D eigenvalue weighted by Crippen LogP contribution is 2.52. The Bertz CT molecular complexity index is 2580. The average molecular weight is 911 g/mol. The molecule has 5 aliphatic heterocycles. The number of benzene rings is 3. The fourth-order valence-corrected chi connectivity index (χ4v) is 11.5. The van der Waals surface area contributed by atoms with Gasteiger partial charge < -0.3 is 19.4 Å². The molecule has 4 saturated heterocycles. The third kappa shape index (κ3) is 8.53. The van der Waals surface area contributed by atoms with Crippen LogP contribution in [0.2, 0.25) is 5.02 Å². The maximum absolute atomic E-state index is 13.4. The van der Waals surface area contributed by atoms with Gasteiger partial charge in [-0.2, -0.15) is 0 Å². The number of fused-ring (bicyclic) bond motifs is 1. The molecule has 6 aliphatic rings. The second-order valence-corrected chi connectivity index (χ2v) is 20.0. The van der Waals surface area contributed by atoms with E-state index in [4.69, 9.17) is 27.9 Å². The fourth-order valence-electron chi connectivity index (χ4n) is 11.3. The van der Waals surface area contributed by atoms with Crippen molar-refractivity contribution < 1.29 is 23.9 Å². The lowest BCUT2D eigenvalue weighted by atomic mass is 9.59. The van der Waals surface area contributed by atoms with Crippen molar-refractivity contribution in [2.75, 3.05) is 62.2 Å². The van der Waals surface area contributed by atoms with Crippen LogP contribution in [0.15, 0.2) is 72.9 Å². The molecule has 10 rings (SSSR count). The number of amides is 4. The minimum absolute atomic E-state index is 0.105. The van der Waals surface area contributed by atoms with Crippen molar-refractivity contribution in [3.63, 3.8) is 0 Å². The number of halogens is 1. The lowest BCUT2D eigenvalue weighted by molar-refractivity contribution is -0.136. The van der Waals surface area contributed by atoms with E-state index in [1.807, 2.05) is 48.7 Å². The number of nitrogens with zero attached hydrogens (tertiary/aromatic N) is 8. The maximum atomic E-state index is 13.4. The van der Waals surface area contributed by atoms with E-state index in [0.717, 1.165) is 104 Å². The summed E-state index contributed by atoms with van der Waals surface area (Å²) < 4.78 is 6.17. The molecule has 3 aromatic carbocycles. The van der Waals surface area contributed by atoms with Crippen LogP contribution in [0.5, 0.6) is 5.75 Å². The predicted molar refractivity (Wildman–Crippen MR) is 251 cm³/mol. The first kappa shape index (κ1) is 44.0. The molecule has 5 fully saturated rings. The number of rotatable bonds is 10. The summed E-state index contributed by atoms with van der Waals surface area (Å²) in [4.78, 5) is 75.0. The van der Waals surface area contributed by atoms with Gasteiger partial charge in [-0.25, -0.2) is 14.8 Å². The molecular weight excluding hydrogens is 854 g/mol. The van der Waals surface area contributed by atoms with Crippen LogP contribution in [0.25, 0.3) is 4.85 Å². The van der Waals surface area contributed by atoms with Crippen LogP contribution in [0.4, 0.5) is 17.3 Å². The second-order valence-electron chi connectivity index (χ2n) is 19.6. The number of imide groups is 2. The molecule has 1 saturated carbocycles. The Kier molecular flexibility index (Phi) is 11.8. The van der Waals surface area contributed by atoms with E-state index in [0.29, 0.717) is 45.9 Å². The Balaban J connectivity index is 0.651. The van der Waals surface area contributed by atoms with E-state index in [1.165, 1.54) is 25.7 Å². The number of anilines is 2. The number of carbonyl (C=O) groups is 4. The molecular formula is C51H56ClN9O5. The van der Waals surface area contributed by atoms with Gasteiger partial charge in [0.15, 0.2) is 5.69 Å². The largest absolute Gasteiger partial charge is 0.487 e. The smallest absolute Gasteiger partial charge is 0.262 e. The molecule has 1 spiro atoms. The average Bonchev–Trinajstić information content (AvgIpc) is 3.57. The molecule has 15 heteroatoms. The summed E-state index contributed by atoms with van der Waals surface area (Å²) in [6.45, 7) is 19.9. The van der Waals surface area contributed by atoms with Gasteiger partial charge in [-0.15, -0.1) is 0 Å². The van der Waals surface area contributed by atoms with Crippen LogP contribution in [-0.4, -0.2) is 119 Å². The maximum Gasteiger partial charge on any atom is 0.262 e. The highest BCUT2D eigenvalue weighted by Gasteiger charge is 2.49. The molecule has 1 aliphatic carbocycles. The number of likely N-dealkylation sites (tertiary alicyclic amines) is 1. The molecule has 4 aromatic rings. The zero-order valence-electron chi connectivity index (χ0n) is 37.7. The van der Waals surface area contributed by atoms with Crippen molar-refractivity contribution in [1.82, 2.24) is 30.0 Å². The molecule has 1 aromatic heterocycles. The van der Waals surface area contributed by atoms with Crippen LogP contribution in [0.1, 0.15) is 103 Å². The Morgan fingerprint density at radius 1 is 0.788 bits per heavy atom. The molecule has 4 amide bonds. The third-order valence-corrected chi connectivity index (χ3v) is 15.7. The Labute approximate surface area is 391 Å². The van der Waals surface area contributed by atoms with E-state index >= 15 is 0 Å². The number of hydrogen-bond donors (Lipinski definition) is 1. The first-order valence-electron chi connectivity index (χ1n) is 23.4. The van der Waals surface area contributed by atoms with E-state index in [9.17, 15) is 19.2 Å². The fraction of sp³-hybridized carbons (Fsp3) is 0.471. The number of piperazine rings is 1. The van der Waals surface area contributed by atoms with Crippen molar-refractivity contribution in [3.8, 4) is 5.75 Å². The minimum atomic E-state index is -0.957. The van der Waals surface area contributed by atoms with Gasteiger partial charge in [-0.1, -0.05) is 43.6 Å². The van der Waals surface area contributed by atoms with Crippen LogP contribution < -0.4 is 19.9 Å². The van der Waals surface area contributed by atoms with E-state index in [-0.39, 0.29) is 24.2 Å². The van der Waals surface area contributed by atoms with Crippen LogP contribution >= 0.6 is 11.6 Å². The molecule has 6 heterocycles. The second kappa shape index (κ2) is 17.7. The molecule has 0 bridgehead atoms. The number of piperidine rings is 3. The van der Waals surface area contributed by atoms with Gasteiger partial charge >= 0.3 is 0 Å². The molecule has 342 valence electrons. The summed E-state index contributed by atoms with van der Waals surface area (Å²) in [5.41, 5.74) is 5.10. The van der Waals surface area contributed by atoms with Gasteiger partial charge in [0, 0.05) is 80.1 Å². The lowest BCUT2D eigenvalue weighted by Gasteiger charge is -2.57. The minimum Gasteiger partial charge on any atom is -0.487 e. The summed E-state index contributed by atoms with van der Waals surface area (Å²) in [5.74, 6) is -0.376. The summed E-state index contributed by atoms with van der Waals surface area (Å²) in [7, 11) is 0. The first-order chi connectivity index (χ1) is 31.9. The first-order valence-corrected chi connectivity index (χ1v) is 23.8. The van der Waals surface area contributed by atoms with Crippen molar-refractivity contribution in [2.45, 2.75) is 95.4 Å². The van der Waals surface area contributed by atoms with Gasteiger partial charge in [0.25, 0.3) is 11.8 Å². The third-order valence-electron chi connectivity index (χ3n) is 15.5. The summed E-state index contributed by atoms with van der Waals surface area (Å²) >= 11 is 6.33. The number of carbonyl (C=O) groups excluding carboxylic acids is 4. The van der Waals surface area contributed by atoms with Gasteiger partial charge in [0.1, 0.15) is 18.4 Å². The topological polar surface area (TPSA) is 136 Å². The summed E-state index contributed by atoms with van der Waals surface area (Å²) in [6, 6.07) is 21.3.